The van der Waals surface area contributed by atoms with Crippen molar-refractivity contribution in [3.05, 3.63) is 29.8 Å². The second-order valence-corrected chi connectivity index (χ2v) is 9.22. The topological polar surface area (TPSA) is 81.5 Å². The highest BCUT2D eigenvalue weighted by molar-refractivity contribution is 7.99. The molecule has 0 spiro atoms. The largest absolute Gasteiger partial charge is 0.496 e. The fourth-order valence-electron chi connectivity index (χ4n) is 4.29. The average Bonchev–Trinajstić information content (AvgIpc) is 3.49. The van der Waals surface area contributed by atoms with Gasteiger partial charge in [0.05, 0.1) is 25.5 Å². The summed E-state index contributed by atoms with van der Waals surface area (Å²) in [6.07, 6.45) is 6.73. The monoisotopic (exact) mass is 459 g/mol. The number of nitrogens with one attached hydrogen (secondary N) is 1. The molecule has 1 N–H and O–H groups in total. The van der Waals surface area contributed by atoms with Gasteiger partial charge in [-0.2, -0.15) is 0 Å². The van der Waals surface area contributed by atoms with Crippen molar-refractivity contribution in [2.24, 2.45) is 0 Å². The van der Waals surface area contributed by atoms with Gasteiger partial charge < -0.3 is 19.7 Å². The van der Waals surface area contributed by atoms with Crippen LogP contribution in [0.2, 0.25) is 0 Å². The molecule has 2 saturated heterocycles. The number of anilines is 1. The molecular formula is C23H33N5O3S. The minimum absolute atomic E-state index is 0.00362. The van der Waals surface area contributed by atoms with E-state index in [9.17, 15) is 4.79 Å². The van der Waals surface area contributed by atoms with Crippen LogP contribution in [0.15, 0.2) is 29.4 Å². The summed E-state index contributed by atoms with van der Waals surface area (Å²) < 4.78 is 13.4. The van der Waals surface area contributed by atoms with Crippen LogP contribution in [0.5, 0.6) is 5.75 Å². The summed E-state index contributed by atoms with van der Waals surface area (Å²) in [7, 11) is 1.67. The number of aromatic nitrogens is 3. The first-order valence-corrected chi connectivity index (χ1v) is 12.5. The summed E-state index contributed by atoms with van der Waals surface area (Å²) in [6, 6.07) is 7.89. The Morgan fingerprint density at radius 1 is 1.22 bits per heavy atom. The molecule has 0 saturated carbocycles. The average molecular weight is 460 g/mol. The van der Waals surface area contributed by atoms with Crippen LogP contribution in [0.1, 0.15) is 37.7 Å². The van der Waals surface area contributed by atoms with E-state index in [1.807, 2.05) is 24.3 Å². The third-order valence-electron chi connectivity index (χ3n) is 5.99. The van der Waals surface area contributed by atoms with Gasteiger partial charge in [-0.05, 0) is 50.2 Å². The van der Waals surface area contributed by atoms with Crippen molar-refractivity contribution in [2.45, 2.75) is 56.3 Å². The summed E-state index contributed by atoms with van der Waals surface area (Å²) in [5, 5.41) is 12.7. The second kappa shape index (κ2) is 11.6. The van der Waals surface area contributed by atoms with Crippen LogP contribution in [0.25, 0.3) is 0 Å². The highest BCUT2D eigenvalue weighted by Crippen LogP contribution is 2.27. The van der Waals surface area contributed by atoms with Crippen molar-refractivity contribution in [3.8, 4) is 5.75 Å². The van der Waals surface area contributed by atoms with Gasteiger partial charge in [-0.3, -0.25) is 9.36 Å². The number of ether oxygens (including phenoxy) is 2. The molecule has 1 unspecified atom stereocenters. The number of thioether (sulfide) groups is 1. The van der Waals surface area contributed by atoms with E-state index in [1.165, 1.54) is 31.0 Å². The minimum Gasteiger partial charge on any atom is -0.496 e. The van der Waals surface area contributed by atoms with Crippen LogP contribution in [0.3, 0.4) is 0 Å². The molecule has 1 aromatic carbocycles. The van der Waals surface area contributed by atoms with Gasteiger partial charge in [0, 0.05) is 26.2 Å². The molecule has 1 amide bonds. The molecule has 2 aromatic rings. The third-order valence-corrected chi connectivity index (χ3v) is 6.95. The molecule has 2 aliphatic rings. The predicted octanol–water partition coefficient (Wildman–Crippen LogP) is 2.91. The summed E-state index contributed by atoms with van der Waals surface area (Å²) in [6.45, 7) is 4.16. The van der Waals surface area contributed by atoms with E-state index < -0.39 is 0 Å². The number of amides is 1. The first-order valence-electron chi connectivity index (χ1n) is 11.6. The molecule has 1 atom stereocenters. The zero-order chi connectivity index (χ0) is 22.2. The van der Waals surface area contributed by atoms with Gasteiger partial charge in [-0.15, -0.1) is 10.2 Å². The Labute approximate surface area is 194 Å². The van der Waals surface area contributed by atoms with Crippen molar-refractivity contribution in [2.75, 3.05) is 44.0 Å². The van der Waals surface area contributed by atoms with Crippen LogP contribution >= 0.6 is 11.8 Å². The van der Waals surface area contributed by atoms with Crippen LogP contribution in [0.4, 0.5) is 5.95 Å². The number of benzene rings is 1. The number of nitrogens with zero attached hydrogens (tertiary/aromatic N) is 4. The Morgan fingerprint density at radius 3 is 2.84 bits per heavy atom. The Hall–Kier alpha value is -2.26. The number of hydrogen-bond acceptors (Lipinski definition) is 7. The molecule has 9 heteroatoms. The van der Waals surface area contributed by atoms with Gasteiger partial charge in [0.15, 0.2) is 5.16 Å². The number of piperidine rings is 1. The van der Waals surface area contributed by atoms with Crippen LogP contribution < -0.4 is 15.0 Å². The third kappa shape index (κ3) is 5.95. The molecule has 1 aromatic heterocycles. The Kier molecular flexibility index (Phi) is 8.28. The van der Waals surface area contributed by atoms with E-state index in [1.54, 1.807) is 7.11 Å². The van der Waals surface area contributed by atoms with Crippen molar-refractivity contribution in [1.82, 2.24) is 20.1 Å². The normalized spacial score (nSPS) is 18.7. The molecule has 0 aliphatic carbocycles. The number of hydrogen-bond donors (Lipinski definition) is 1. The Balaban J connectivity index is 1.33. The summed E-state index contributed by atoms with van der Waals surface area (Å²) in [5.74, 6) is 2.08. The van der Waals surface area contributed by atoms with Crippen molar-refractivity contribution >= 4 is 23.6 Å². The van der Waals surface area contributed by atoms with Crippen molar-refractivity contribution < 1.29 is 14.3 Å². The number of rotatable bonds is 10. The Morgan fingerprint density at radius 2 is 2.06 bits per heavy atom. The number of carbonyl (C=O) groups is 1. The maximum Gasteiger partial charge on any atom is 0.230 e. The van der Waals surface area contributed by atoms with Gasteiger partial charge in [-0.1, -0.05) is 30.0 Å². The lowest BCUT2D eigenvalue weighted by molar-refractivity contribution is -0.118. The number of carbonyl (C=O) groups excluding carboxylic acids is 1. The van der Waals surface area contributed by atoms with Crippen LogP contribution in [-0.4, -0.2) is 65.9 Å². The van der Waals surface area contributed by atoms with Crippen LogP contribution in [0, 0.1) is 0 Å². The molecule has 0 bridgehead atoms. The highest BCUT2D eigenvalue weighted by atomic mass is 32.2. The molecule has 2 aliphatic heterocycles. The van der Waals surface area contributed by atoms with Crippen LogP contribution in [-0.2, 0) is 22.5 Å². The number of methoxy groups -OCH3 is 1. The van der Waals surface area contributed by atoms with Crippen molar-refractivity contribution in [3.63, 3.8) is 0 Å². The zero-order valence-electron chi connectivity index (χ0n) is 18.8. The predicted molar refractivity (Wildman–Crippen MR) is 125 cm³/mol. The standard InChI is InChI=1S/C23H33N5O3S/c1-30-20-10-4-3-8-18(20)11-12-24-21(29)17-32-23-26-25-22(27-13-5-2-6-14-27)28(23)16-19-9-7-15-31-19/h3-4,8,10,19H,2,5-7,9,11-17H2,1H3,(H,24,29). The summed E-state index contributed by atoms with van der Waals surface area (Å²) in [5.41, 5.74) is 1.09. The molecule has 174 valence electrons. The fraction of sp³-hybridized carbons (Fsp3) is 0.609. The maximum absolute atomic E-state index is 12.5. The minimum atomic E-state index is -0.00362. The van der Waals surface area contributed by atoms with Gasteiger partial charge >= 0.3 is 0 Å². The van der Waals surface area contributed by atoms with E-state index >= 15 is 0 Å². The fourth-order valence-corrected chi connectivity index (χ4v) is 5.07. The first kappa shape index (κ1) is 22.9. The molecule has 4 rings (SSSR count). The quantitative estimate of drug-likeness (QED) is 0.547. The van der Waals surface area contributed by atoms with Crippen molar-refractivity contribution in [1.29, 1.82) is 0 Å². The molecule has 32 heavy (non-hydrogen) atoms. The lowest BCUT2D eigenvalue weighted by atomic mass is 10.1. The molecule has 3 heterocycles. The van der Waals surface area contributed by atoms with E-state index in [-0.39, 0.29) is 12.0 Å². The molecule has 0 radical (unpaired) electrons. The molecule has 8 nitrogen and oxygen atoms in total. The molecular weight excluding hydrogens is 426 g/mol. The molecule has 2 fully saturated rings. The van der Waals surface area contributed by atoms with E-state index in [0.29, 0.717) is 12.3 Å². The summed E-state index contributed by atoms with van der Waals surface area (Å²) in [4.78, 5) is 14.8. The lowest BCUT2D eigenvalue weighted by Gasteiger charge is -2.28. The lowest BCUT2D eigenvalue weighted by Crippen LogP contribution is -2.33. The van der Waals surface area contributed by atoms with Gasteiger partial charge in [-0.25, -0.2) is 0 Å². The summed E-state index contributed by atoms with van der Waals surface area (Å²) >= 11 is 1.45. The maximum atomic E-state index is 12.5. The zero-order valence-corrected chi connectivity index (χ0v) is 19.6. The smallest absolute Gasteiger partial charge is 0.230 e. The Bertz CT molecular complexity index is 878. The van der Waals surface area contributed by atoms with E-state index in [0.717, 1.165) is 67.9 Å². The first-order chi connectivity index (χ1) is 15.7. The SMILES string of the molecule is COc1ccccc1CCNC(=O)CSc1nnc(N2CCCCC2)n1CC1CCCO1. The number of para-hydroxylation sites is 1. The van der Waals surface area contributed by atoms with Gasteiger partial charge in [0.2, 0.25) is 11.9 Å². The van der Waals surface area contributed by atoms with E-state index in [4.69, 9.17) is 9.47 Å². The van der Waals surface area contributed by atoms with Gasteiger partial charge in [0.1, 0.15) is 5.75 Å². The van der Waals surface area contributed by atoms with Gasteiger partial charge in [0.25, 0.3) is 0 Å². The highest BCUT2D eigenvalue weighted by Gasteiger charge is 2.25. The van der Waals surface area contributed by atoms with E-state index in [2.05, 4.69) is 25.0 Å². The second-order valence-electron chi connectivity index (χ2n) is 8.28.